The van der Waals surface area contributed by atoms with Gasteiger partial charge in [-0.05, 0) is 47.9 Å². The summed E-state index contributed by atoms with van der Waals surface area (Å²) < 4.78 is 58.6. The van der Waals surface area contributed by atoms with E-state index in [4.69, 9.17) is 25.8 Å². The van der Waals surface area contributed by atoms with Gasteiger partial charge in [0.2, 0.25) is 5.95 Å². The fourth-order valence-electron chi connectivity index (χ4n) is 5.07. The summed E-state index contributed by atoms with van der Waals surface area (Å²) in [6, 6.07) is 5.77. The Bertz CT molecular complexity index is 1530. The highest BCUT2D eigenvalue weighted by molar-refractivity contribution is 6.32. The third kappa shape index (κ3) is 7.36. The highest BCUT2D eigenvalue weighted by Crippen LogP contribution is 2.34. The zero-order chi connectivity index (χ0) is 30.7. The largest absolute Gasteiger partial charge is 0.487 e. The molecule has 1 atom stereocenters. The molecule has 0 aliphatic carbocycles. The molecule has 44 heavy (non-hydrogen) atoms. The number of aromatic nitrogens is 8. The summed E-state index contributed by atoms with van der Waals surface area (Å²) in [7, 11) is 0. The van der Waals surface area contributed by atoms with Gasteiger partial charge in [0.15, 0.2) is 6.61 Å². The summed E-state index contributed by atoms with van der Waals surface area (Å²) in [6.07, 6.45) is 3.16. The van der Waals surface area contributed by atoms with Gasteiger partial charge in [-0.2, -0.15) is 13.2 Å². The number of benzene rings is 1. The number of piperidine rings is 1. The van der Waals surface area contributed by atoms with Crippen LogP contribution in [0.4, 0.5) is 24.8 Å². The van der Waals surface area contributed by atoms with Crippen molar-refractivity contribution >= 4 is 23.2 Å². The summed E-state index contributed by atoms with van der Waals surface area (Å²) in [5.74, 6) is 0.475. The first kappa shape index (κ1) is 30.0. The number of ether oxygens (including phenoxy) is 3. The molecule has 0 unspecified atom stereocenters. The van der Waals surface area contributed by atoms with Gasteiger partial charge in [0.05, 0.1) is 43.1 Å². The molecule has 6 rings (SSSR count). The average Bonchev–Trinajstić information content (AvgIpc) is 3.63. The van der Waals surface area contributed by atoms with Crippen LogP contribution in [0, 0.1) is 0 Å². The van der Waals surface area contributed by atoms with Crippen molar-refractivity contribution in [3.05, 3.63) is 48.1 Å². The lowest BCUT2D eigenvalue weighted by Crippen LogP contribution is -2.51. The van der Waals surface area contributed by atoms with E-state index in [-0.39, 0.29) is 29.7 Å². The third-order valence-corrected chi connectivity index (χ3v) is 7.72. The van der Waals surface area contributed by atoms with Crippen molar-refractivity contribution in [1.82, 2.24) is 44.9 Å². The van der Waals surface area contributed by atoms with Crippen LogP contribution in [0.2, 0.25) is 5.02 Å². The van der Waals surface area contributed by atoms with Crippen LogP contribution in [-0.2, 0) is 11.3 Å². The highest BCUT2D eigenvalue weighted by atomic mass is 35.5. The van der Waals surface area contributed by atoms with E-state index in [9.17, 15) is 13.2 Å². The molecule has 0 bridgehead atoms. The standard InChI is InChI=1S/C27H30ClF3N10O3/c1-17(11-40-16-34-37-38-40)44-24-8-18(2-3-22(24)28)19-9-32-26(33-10-19)35-23-12-41(36-25(23)43-15-27(29,30)31)20-4-6-39(7-5-20)21-13-42-14-21/h2-3,8-10,12,16-17,20-21H,4-7,11,13-15H2,1H3,(H,32,33,35)/t17-/m0/s1. The molecule has 2 aliphatic heterocycles. The van der Waals surface area contributed by atoms with Crippen LogP contribution in [-0.4, -0.2) is 96.1 Å². The van der Waals surface area contributed by atoms with Crippen molar-refractivity contribution in [2.45, 2.75) is 50.7 Å². The second-order valence-electron chi connectivity index (χ2n) is 10.7. The Morgan fingerprint density at radius 2 is 1.89 bits per heavy atom. The molecule has 2 saturated heterocycles. The molecule has 2 aliphatic rings. The van der Waals surface area contributed by atoms with Crippen molar-refractivity contribution in [3.63, 3.8) is 0 Å². The fourth-order valence-corrected chi connectivity index (χ4v) is 5.23. The van der Waals surface area contributed by atoms with Gasteiger partial charge in [-0.3, -0.25) is 9.58 Å². The van der Waals surface area contributed by atoms with Gasteiger partial charge in [-0.15, -0.1) is 10.2 Å². The van der Waals surface area contributed by atoms with Crippen molar-refractivity contribution in [2.75, 3.05) is 38.2 Å². The van der Waals surface area contributed by atoms with E-state index in [2.05, 4.69) is 40.8 Å². The summed E-state index contributed by atoms with van der Waals surface area (Å²) in [5, 5.41) is 18.8. The molecule has 0 saturated carbocycles. The molecule has 5 heterocycles. The van der Waals surface area contributed by atoms with E-state index < -0.39 is 12.8 Å². The van der Waals surface area contributed by atoms with Gasteiger partial charge < -0.3 is 19.5 Å². The smallest absolute Gasteiger partial charge is 0.422 e. The van der Waals surface area contributed by atoms with Gasteiger partial charge in [0.1, 0.15) is 23.9 Å². The Morgan fingerprint density at radius 1 is 1.11 bits per heavy atom. The number of hydrogen-bond acceptors (Lipinski definition) is 11. The first-order valence-corrected chi connectivity index (χ1v) is 14.4. The Hall–Kier alpha value is -4.02. The van der Waals surface area contributed by atoms with Crippen molar-refractivity contribution in [3.8, 4) is 22.8 Å². The van der Waals surface area contributed by atoms with Crippen LogP contribution in [0.5, 0.6) is 11.6 Å². The Kier molecular flexibility index (Phi) is 8.81. The molecule has 3 aromatic heterocycles. The molecule has 1 N–H and O–H groups in total. The summed E-state index contributed by atoms with van der Waals surface area (Å²) in [4.78, 5) is 11.1. The van der Waals surface area contributed by atoms with Crippen LogP contribution in [0.1, 0.15) is 25.8 Å². The number of nitrogens with zero attached hydrogens (tertiary/aromatic N) is 9. The van der Waals surface area contributed by atoms with Crippen LogP contribution < -0.4 is 14.8 Å². The van der Waals surface area contributed by atoms with Crippen molar-refractivity contribution in [1.29, 1.82) is 0 Å². The van der Waals surface area contributed by atoms with Gasteiger partial charge in [0, 0.05) is 31.0 Å². The van der Waals surface area contributed by atoms with Crippen molar-refractivity contribution in [2.24, 2.45) is 0 Å². The minimum absolute atomic E-state index is 0.0243. The van der Waals surface area contributed by atoms with E-state index in [0.29, 0.717) is 28.9 Å². The number of halogens is 4. The Balaban J connectivity index is 1.14. The van der Waals surface area contributed by atoms with Gasteiger partial charge in [-0.25, -0.2) is 14.6 Å². The summed E-state index contributed by atoms with van der Waals surface area (Å²) in [6.45, 7) is 4.04. The highest BCUT2D eigenvalue weighted by Gasteiger charge is 2.32. The van der Waals surface area contributed by atoms with E-state index in [1.807, 2.05) is 13.0 Å². The van der Waals surface area contributed by atoms with Gasteiger partial charge in [0.25, 0.3) is 5.88 Å². The Morgan fingerprint density at radius 3 is 2.55 bits per heavy atom. The van der Waals surface area contributed by atoms with E-state index >= 15 is 0 Å². The van der Waals surface area contributed by atoms with Gasteiger partial charge in [-0.1, -0.05) is 17.7 Å². The molecular formula is C27H30ClF3N10O3. The number of alkyl halides is 3. The van der Waals surface area contributed by atoms with E-state index in [0.717, 1.165) is 44.7 Å². The molecule has 0 spiro atoms. The summed E-state index contributed by atoms with van der Waals surface area (Å²) >= 11 is 6.37. The quantitative estimate of drug-likeness (QED) is 0.255. The predicted octanol–water partition coefficient (Wildman–Crippen LogP) is 4.17. The van der Waals surface area contributed by atoms with E-state index in [1.165, 1.54) is 6.33 Å². The van der Waals surface area contributed by atoms with Crippen LogP contribution in [0.3, 0.4) is 0 Å². The van der Waals surface area contributed by atoms with Crippen molar-refractivity contribution < 1.29 is 27.4 Å². The second-order valence-corrected chi connectivity index (χ2v) is 11.1. The minimum atomic E-state index is -4.51. The predicted molar refractivity (Wildman–Crippen MR) is 152 cm³/mol. The maximum Gasteiger partial charge on any atom is 0.422 e. The van der Waals surface area contributed by atoms with Gasteiger partial charge >= 0.3 is 6.18 Å². The van der Waals surface area contributed by atoms with E-state index in [1.54, 1.807) is 40.1 Å². The number of anilines is 2. The minimum Gasteiger partial charge on any atom is -0.487 e. The lowest BCUT2D eigenvalue weighted by atomic mass is 10.0. The monoisotopic (exact) mass is 634 g/mol. The molecule has 13 nitrogen and oxygen atoms in total. The SMILES string of the molecule is C[C@@H](Cn1cnnn1)Oc1cc(-c2cnc(Nc3cn(C4CCN(C5COC5)CC4)nc3OCC(F)(F)F)nc2)ccc1Cl. The van der Waals surface area contributed by atoms with Crippen LogP contribution in [0.25, 0.3) is 11.1 Å². The molecule has 0 amide bonds. The lowest BCUT2D eigenvalue weighted by molar-refractivity contribution is -0.154. The third-order valence-electron chi connectivity index (χ3n) is 7.41. The molecule has 2 fully saturated rings. The molecule has 4 aromatic rings. The summed E-state index contributed by atoms with van der Waals surface area (Å²) in [5.41, 5.74) is 1.68. The molecule has 234 valence electrons. The maximum atomic E-state index is 13.0. The average molecular weight is 635 g/mol. The topological polar surface area (TPSA) is 130 Å². The normalized spacial score (nSPS) is 17.3. The molecule has 0 radical (unpaired) electrons. The first-order chi connectivity index (χ1) is 21.2. The molecule has 1 aromatic carbocycles. The number of nitrogens with one attached hydrogen (secondary N) is 1. The lowest BCUT2D eigenvalue weighted by Gasteiger charge is -2.41. The number of tetrazole rings is 1. The molecular weight excluding hydrogens is 605 g/mol. The zero-order valence-electron chi connectivity index (χ0n) is 23.7. The number of hydrogen-bond donors (Lipinski definition) is 1. The maximum absolute atomic E-state index is 13.0. The Labute approximate surface area is 255 Å². The zero-order valence-corrected chi connectivity index (χ0v) is 24.4. The number of likely N-dealkylation sites (tertiary alicyclic amines) is 1. The van der Waals surface area contributed by atoms with Crippen LogP contribution >= 0.6 is 11.6 Å². The number of rotatable bonds is 11. The first-order valence-electron chi connectivity index (χ1n) is 14.1. The molecule has 17 heteroatoms. The van der Waals surface area contributed by atoms with Crippen LogP contribution in [0.15, 0.2) is 43.1 Å². The fraction of sp³-hybridized carbons (Fsp3) is 0.481. The second kappa shape index (κ2) is 12.9.